The van der Waals surface area contributed by atoms with Crippen LogP contribution in [0.2, 0.25) is 0 Å². The van der Waals surface area contributed by atoms with Crippen LogP contribution in [0.3, 0.4) is 0 Å². The van der Waals surface area contributed by atoms with Gasteiger partial charge in [0.1, 0.15) is 29.6 Å². The van der Waals surface area contributed by atoms with Gasteiger partial charge in [-0.25, -0.2) is 9.78 Å². The highest BCUT2D eigenvalue weighted by atomic mass is 79.9. The number of ether oxygens (including phenoxy) is 2. The maximum Gasteiger partial charge on any atom is 0.410 e. The number of hydrogen-bond donors (Lipinski definition) is 3. The molecule has 3 aromatic rings. The van der Waals surface area contributed by atoms with Crippen molar-refractivity contribution < 1.29 is 24.2 Å². The third kappa shape index (κ3) is 7.82. The second-order valence-electron chi connectivity index (χ2n) is 10.7. The van der Waals surface area contributed by atoms with E-state index in [0.29, 0.717) is 61.6 Å². The second kappa shape index (κ2) is 13.3. The Bertz CT molecular complexity index is 1320. The molecule has 2 aromatic carbocycles. The number of nitrogens with zero attached hydrogens (tertiary/aromatic N) is 3. The zero-order chi connectivity index (χ0) is 28.7. The summed E-state index contributed by atoms with van der Waals surface area (Å²) in [5.41, 5.74) is 1.66. The van der Waals surface area contributed by atoms with Crippen LogP contribution in [0, 0.1) is 0 Å². The van der Waals surface area contributed by atoms with E-state index in [1.54, 1.807) is 27.0 Å². The number of fused-ring (bicyclic) bond motifs is 1. The van der Waals surface area contributed by atoms with Gasteiger partial charge in [0.2, 0.25) is 5.91 Å². The molecular weight excluding hydrogens is 578 g/mol. The van der Waals surface area contributed by atoms with Crippen molar-refractivity contribution in [3.63, 3.8) is 0 Å². The fourth-order valence-electron chi connectivity index (χ4n) is 4.47. The van der Waals surface area contributed by atoms with E-state index < -0.39 is 17.7 Å². The molecule has 4 rings (SSSR count). The highest BCUT2D eigenvalue weighted by Crippen LogP contribution is 2.33. The van der Waals surface area contributed by atoms with Crippen LogP contribution < -0.4 is 15.4 Å². The van der Waals surface area contributed by atoms with E-state index >= 15 is 0 Å². The lowest BCUT2D eigenvalue weighted by Crippen LogP contribution is -2.56. The smallest absolute Gasteiger partial charge is 0.410 e. The Kier molecular flexibility index (Phi) is 9.80. The monoisotopic (exact) mass is 613 g/mol. The molecule has 1 aliphatic rings. The number of aliphatic hydroxyl groups excluding tert-OH is 1. The summed E-state index contributed by atoms with van der Waals surface area (Å²) in [7, 11) is 0. The van der Waals surface area contributed by atoms with Crippen LogP contribution in [0.1, 0.15) is 45.6 Å². The van der Waals surface area contributed by atoms with Gasteiger partial charge in [-0.2, -0.15) is 0 Å². The number of hydrogen-bond acceptors (Lipinski definition) is 8. The molecule has 1 saturated heterocycles. The highest BCUT2D eigenvalue weighted by molar-refractivity contribution is 9.10. The zero-order valence-electron chi connectivity index (χ0n) is 23.0. The van der Waals surface area contributed by atoms with Crippen LogP contribution in [0.15, 0.2) is 53.1 Å². The summed E-state index contributed by atoms with van der Waals surface area (Å²) in [6.45, 7) is 6.40. The van der Waals surface area contributed by atoms with Crippen molar-refractivity contribution in [1.82, 2.24) is 20.2 Å². The molecule has 1 fully saturated rings. The van der Waals surface area contributed by atoms with Gasteiger partial charge in [0.15, 0.2) is 5.75 Å². The molecule has 11 heteroatoms. The van der Waals surface area contributed by atoms with Crippen molar-refractivity contribution in [3.05, 3.63) is 58.7 Å². The third-order valence-electron chi connectivity index (χ3n) is 6.37. The van der Waals surface area contributed by atoms with Gasteiger partial charge in [0, 0.05) is 25.7 Å². The summed E-state index contributed by atoms with van der Waals surface area (Å²) in [6.07, 6.45) is 2.52. The van der Waals surface area contributed by atoms with Gasteiger partial charge in [-0.1, -0.05) is 30.3 Å². The molecule has 0 unspecified atom stereocenters. The fraction of sp³-hybridized carbons (Fsp3) is 0.448. The minimum absolute atomic E-state index is 0.0291. The van der Waals surface area contributed by atoms with Crippen LogP contribution >= 0.6 is 15.9 Å². The van der Waals surface area contributed by atoms with Gasteiger partial charge < -0.3 is 25.2 Å². The van der Waals surface area contributed by atoms with Gasteiger partial charge in [-0.05, 0) is 73.7 Å². The number of carbonyl (C=O) groups is 2. The molecule has 0 aliphatic carbocycles. The molecule has 1 aliphatic heterocycles. The third-order valence-corrected chi connectivity index (χ3v) is 6.99. The number of amides is 2. The first-order chi connectivity index (χ1) is 19.1. The first-order valence-corrected chi connectivity index (χ1v) is 14.2. The molecule has 2 heterocycles. The predicted octanol–water partition coefficient (Wildman–Crippen LogP) is 4.65. The summed E-state index contributed by atoms with van der Waals surface area (Å²) in [5.74, 6) is 0.861. The van der Waals surface area contributed by atoms with Crippen LogP contribution in [0.25, 0.3) is 11.0 Å². The van der Waals surface area contributed by atoms with Gasteiger partial charge in [-0.3, -0.25) is 14.7 Å². The first-order valence-electron chi connectivity index (χ1n) is 13.4. The first kappa shape index (κ1) is 29.5. The molecule has 10 nitrogen and oxygen atoms in total. The molecule has 3 N–H and O–H groups in total. The normalized spacial score (nSPS) is 17.4. The number of aromatic nitrogens is 2. The highest BCUT2D eigenvalue weighted by Gasteiger charge is 2.38. The zero-order valence-corrected chi connectivity index (χ0v) is 24.6. The predicted molar refractivity (Wildman–Crippen MR) is 156 cm³/mol. The minimum Gasteiger partial charge on any atom is -0.485 e. The molecule has 214 valence electrons. The summed E-state index contributed by atoms with van der Waals surface area (Å²) in [5, 5.41) is 15.3. The van der Waals surface area contributed by atoms with E-state index in [1.165, 1.54) is 4.90 Å². The number of halogens is 1. The van der Waals surface area contributed by atoms with Crippen molar-refractivity contribution in [2.45, 2.75) is 64.3 Å². The number of aliphatic hydroxyl groups is 1. The molecule has 2 atom stereocenters. The Morgan fingerprint density at radius 2 is 1.95 bits per heavy atom. The van der Waals surface area contributed by atoms with Crippen LogP contribution in [-0.4, -0.2) is 69.4 Å². The average molecular weight is 615 g/mol. The molecular formula is C29H36BrN5O5. The Balaban J connectivity index is 1.51. The lowest BCUT2D eigenvalue weighted by molar-refractivity contribution is -0.127. The quantitative estimate of drug-likeness (QED) is 0.298. The molecule has 0 saturated carbocycles. The van der Waals surface area contributed by atoms with Crippen LogP contribution in [0.5, 0.6) is 5.75 Å². The summed E-state index contributed by atoms with van der Waals surface area (Å²) < 4.78 is 12.5. The van der Waals surface area contributed by atoms with Gasteiger partial charge in [-0.15, -0.1) is 0 Å². The number of likely N-dealkylation sites (tertiary alicyclic amines) is 1. The second-order valence-corrected chi connectivity index (χ2v) is 11.6. The maximum absolute atomic E-state index is 13.1. The molecule has 0 bridgehead atoms. The Morgan fingerprint density at radius 3 is 2.67 bits per heavy atom. The SMILES string of the molecule is CC(C)(C)OC(=O)N1CC[C@H](Nc2cnc3ccc(Br)c(OCc4ccccc4)c3n2)C[C@H]1C(=O)NCCCO. The summed E-state index contributed by atoms with van der Waals surface area (Å²) in [6, 6.07) is 12.8. The maximum atomic E-state index is 13.1. The minimum atomic E-state index is -0.730. The van der Waals surface area contributed by atoms with E-state index in [4.69, 9.17) is 19.6 Å². The van der Waals surface area contributed by atoms with Gasteiger partial charge in [0.05, 0.1) is 16.2 Å². The molecule has 0 radical (unpaired) electrons. The lowest BCUT2D eigenvalue weighted by atomic mass is 9.96. The Hall–Kier alpha value is -3.44. The lowest BCUT2D eigenvalue weighted by Gasteiger charge is -2.39. The number of anilines is 1. The van der Waals surface area contributed by atoms with Crippen LogP contribution in [-0.2, 0) is 16.1 Å². The van der Waals surface area contributed by atoms with Crippen LogP contribution in [0.4, 0.5) is 10.6 Å². The number of carbonyl (C=O) groups excluding carboxylic acids is 2. The molecule has 1 aromatic heterocycles. The largest absolute Gasteiger partial charge is 0.485 e. The van der Waals surface area contributed by atoms with E-state index in [1.807, 2.05) is 42.5 Å². The number of piperidine rings is 1. The molecule has 2 amide bonds. The van der Waals surface area contributed by atoms with Crippen molar-refractivity contribution >= 4 is 44.8 Å². The van der Waals surface area contributed by atoms with E-state index in [-0.39, 0.29) is 18.6 Å². The molecule has 0 spiro atoms. The number of nitrogens with one attached hydrogen (secondary N) is 2. The average Bonchev–Trinajstić information content (AvgIpc) is 2.92. The van der Waals surface area contributed by atoms with Gasteiger partial charge >= 0.3 is 6.09 Å². The van der Waals surface area contributed by atoms with Crippen molar-refractivity contribution in [2.24, 2.45) is 0 Å². The van der Waals surface area contributed by atoms with Crippen molar-refractivity contribution in [3.8, 4) is 5.75 Å². The van der Waals surface area contributed by atoms with Gasteiger partial charge in [0.25, 0.3) is 0 Å². The fourth-order valence-corrected chi connectivity index (χ4v) is 4.90. The summed E-state index contributed by atoms with van der Waals surface area (Å²) in [4.78, 5) is 36.9. The Morgan fingerprint density at radius 1 is 1.18 bits per heavy atom. The van der Waals surface area contributed by atoms with Crippen molar-refractivity contribution in [2.75, 3.05) is 25.0 Å². The van der Waals surface area contributed by atoms with E-state index in [2.05, 4.69) is 31.5 Å². The Labute approximate surface area is 242 Å². The number of benzene rings is 2. The summed E-state index contributed by atoms with van der Waals surface area (Å²) >= 11 is 3.58. The number of rotatable bonds is 9. The van der Waals surface area contributed by atoms with E-state index in [0.717, 1.165) is 10.0 Å². The molecule has 40 heavy (non-hydrogen) atoms. The standard InChI is InChI=1S/C29H36BrN5O5/c1-29(2,3)40-28(38)35-14-12-20(16-23(35)27(37)31-13-7-15-36)33-24-17-32-22-11-10-21(30)26(25(22)34-24)39-18-19-8-5-4-6-9-19/h4-6,8-11,17,20,23,36H,7,12-16,18H2,1-3H3,(H,31,37)(H,33,34)/t20-,23-/m0/s1. The van der Waals surface area contributed by atoms with E-state index in [9.17, 15) is 9.59 Å². The van der Waals surface area contributed by atoms with Crippen molar-refractivity contribution in [1.29, 1.82) is 0 Å². The topological polar surface area (TPSA) is 126 Å².